The van der Waals surface area contributed by atoms with E-state index in [0.717, 1.165) is 5.56 Å². The van der Waals surface area contributed by atoms with E-state index < -0.39 is 5.97 Å². The fraction of sp³-hybridized carbons (Fsp3) is 0.417. The third-order valence-electron chi connectivity index (χ3n) is 2.56. The molecule has 88 valence electrons. The first kappa shape index (κ1) is 12.4. The van der Waals surface area contributed by atoms with Crippen molar-refractivity contribution in [3.8, 4) is 11.5 Å². The molecule has 0 aromatic heterocycles. The van der Waals surface area contributed by atoms with Gasteiger partial charge in [0.15, 0.2) is 0 Å². The van der Waals surface area contributed by atoms with E-state index in [1.165, 1.54) is 13.2 Å². The Bertz CT molecular complexity index is 398. The van der Waals surface area contributed by atoms with Crippen LogP contribution in [0.15, 0.2) is 12.1 Å². The van der Waals surface area contributed by atoms with Gasteiger partial charge in [-0.3, -0.25) is 4.79 Å². The molecule has 1 aromatic rings. The number of phenolic OH excluding ortho intramolecular Hbond substituents is 1. The van der Waals surface area contributed by atoms with Gasteiger partial charge in [-0.15, -0.1) is 0 Å². The number of benzene rings is 1. The molecule has 0 heterocycles. The summed E-state index contributed by atoms with van der Waals surface area (Å²) < 4.78 is 5.07. The average Bonchev–Trinajstić information content (AvgIpc) is 2.19. The van der Waals surface area contributed by atoms with Crippen LogP contribution in [-0.2, 0) is 4.79 Å². The zero-order chi connectivity index (χ0) is 12.3. The smallest absolute Gasteiger partial charge is 0.303 e. The van der Waals surface area contributed by atoms with Crippen LogP contribution in [0.3, 0.4) is 0 Å². The van der Waals surface area contributed by atoms with E-state index in [4.69, 9.17) is 9.84 Å². The lowest BCUT2D eigenvalue weighted by molar-refractivity contribution is -0.137. The van der Waals surface area contributed by atoms with Crippen LogP contribution in [0.4, 0.5) is 0 Å². The van der Waals surface area contributed by atoms with Gasteiger partial charge in [0.1, 0.15) is 11.5 Å². The van der Waals surface area contributed by atoms with Gasteiger partial charge in [-0.1, -0.05) is 6.92 Å². The van der Waals surface area contributed by atoms with Crippen molar-refractivity contribution in [3.05, 3.63) is 23.3 Å². The van der Waals surface area contributed by atoms with Crippen molar-refractivity contribution in [2.24, 2.45) is 0 Å². The molecule has 1 aromatic carbocycles. The van der Waals surface area contributed by atoms with E-state index in [2.05, 4.69) is 0 Å². The molecule has 0 aliphatic carbocycles. The van der Waals surface area contributed by atoms with Gasteiger partial charge >= 0.3 is 5.97 Å². The quantitative estimate of drug-likeness (QED) is 0.823. The van der Waals surface area contributed by atoms with Gasteiger partial charge in [-0.05, 0) is 30.0 Å². The van der Waals surface area contributed by atoms with Crippen molar-refractivity contribution >= 4 is 5.97 Å². The van der Waals surface area contributed by atoms with E-state index in [-0.39, 0.29) is 18.1 Å². The lowest BCUT2D eigenvalue weighted by Crippen LogP contribution is -2.03. The number of phenols is 1. The van der Waals surface area contributed by atoms with E-state index >= 15 is 0 Å². The van der Waals surface area contributed by atoms with Crippen molar-refractivity contribution in [1.29, 1.82) is 0 Å². The Kier molecular flexibility index (Phi) is 3.77. The first-order valence-electron chi connectivity index (χ1n) is 5.05. The van der Waals surface area contributed by atoms with Crippen molar-refractivity contribution in [2.45, 2.75) is 26.2 Å². The summed E-state index contributed by atoms with van der Waals surface area (Å²) in [6.07, 6.45) is -0.000666. The number of hydrogen-bond acceptors (Lipinski definition) is 3. The molecule has 0 aliphatic heterocycles. The fourth-order valence-electron chi connectivity index (χ4n) is 1.69. The summed E-state index contributed by atoms with van der Waals surface area (Å²) in [6, 6.07) is 3.28. The lowest BCUT2D eigenvalue weighted by Gasteiger charge is -2.14. The van der Waals surface area contributed by atoms with Crippen LogP contribution in [-0.4, -0.2) is 23.3 Å². The highest BCUT2D eigenvalue weighted by atomic mass is 16.5. The van der Waals surface area contributed by atoms with E-state index in [1.807, 2.05) is 6.92 Å². The Labute approximate surface area is 94.5 Å². The van der Waals surface area contributed by atoms with Crippen LogP contribution < -0.4 is 4.74 Å². The lowest BCUT2D eigenvalue weighted by atomic mass is 9.95. The molecule has 4 nitrogen and oxygen atoms in total. The molecule has 16 heavy (non-hydrogen) atoms. The van der Waals surface area contributed by atoms with Gasteiger partial charge in [0.2, 0.25) is 0 Å². The maximum absolute atomic E-state index is 10.6. The number of aryl methyl sites for hydroxylation is 1. The summed E-state index contributed by atoms with van der Waals surface area (Å²) in [6.45, 7) is 3.63. The van der Waals surface area contributed by atoms with Crippen LogP contribution in [0.1, 0.15) is 30.4 Å². The van der Waals surface area contributed by atoms with Crippen LogP contribution in [0.2, 0.25) is 0 Å². The van der Waals surface area contributed by atoms with E-state index in [1.54, 1.807) is 13.0 Å². The number of hydrogen-bond donors (Lipinski definition) is 2. The highest BCUT2D eigenvalue weighted by Crippen LogP contribution is 2.33. The summed E-state index contributed by atoms with van der Waals surface area (Å²) in [4.78, 5) is 10.6. The SMILES string of the molecule is COc1cc(O)c(C(C)CC(=O)O)cc1C. The van der Waals surface area contributed by atoms with Crippen molar-refractivity contribution < 1.29 is 19.7 Å². The van der Waals surface area contributed by atoms with Gasteiger partial charge in [-0.2, -0.15) is 0 Å². The minimum Gasteiger partial charge on any atom is -0.508 e. The molecule has 1 rings (SSSR count). The number of rotatable bonds is 4. The first-order chi connectivity index (χ1) is 7.45. The van der Waals surface area contributed by atoms with Gasteiger partial charge in [-0.25, -0.2) is 0 Å². The number of carbonyl (C=O) groups is 1. The maximum atomic E-state index is 10.6. The number of methoxy groups -OCH3 is 1. The number of aliphatic carboxylic acids is 1. The molecule has 0 radical (unpaired) electrons. The van der Waals surface area contributed by atoms with Crippen LogP contribution in [0, 0.1) is 6.92 Å². The van der Waals surface area contributed by atoms with Gasteiger partial charge in [0.25, 0.3) is 0 Å². The molecule has 0 amide bonds. The summed E-state index contributed by atoms with van der Waals surface area (Å²) in [5.74, 6) is -0.414. The maximum Gasteiger partial charge on any atom is 0.303 e. The molecule has 0 aliphatic rings. The third-order valence-corrected chi connectivity index (χ3v) is 2.56. The summed E-state index contributed by atoms with van der Waals surface area (Å²) in [5.41, 5.74) is 1.52. The fourth-order valence-corrected chi connectivity index (χ4v) is 1.69. The average molecular weight is 224 g/mol. The van der Waals surface area contributed by atoms with Crippen molar-refractivity contribution in [2.75, 3.05) is 7.11 Å². The van der Waals surface area contributed by atoms with Crippen molar-refractivity contribution in [1.82, 2.24) is 0 Å². The molecular formula is C12H16O4. The molecule has 4 heteroatoms. The highest BCUT2D eigenvalue weighted by Gasteiger charge is 2.16. The van der Waals surface area contributed by atoms with Crippen LogP contribution >= 0.6 is 0 Å². The molecule has 0 saturated carbocycles. The van der Waals surface area contributed by atoms with E-state index in [0.29, 0.717) is 11.3 Å². The molecule has 0 bridgehead atoms. The molecule has 0 spiro atoms. The Hall–Kier alpha value is -1.71. The molecule has 0 saturated heterocycles. The Balaban J connectivity index is 3.05. The molecule has 1 atom stereocenters. The third kappa shape index (κ3) is 2.66. The number of carboxylic acids is 1. The normalized spacial score (nSPS) is 12.2. The largest absolute Gasteiger partial charge is 0.508 e. The standard InChI is InChI=1S/C12H16O4/c1-7(5-12(14)15)9-4-8(2)11(16-3)6-10(9)13/h4,6-7,13H,5H2,1-3H3,(H,14,15). The van der Waals surface area contributed by atoms with Crippen LogP contribution in [0.5, 0.6) is 11.5 Å². The van der Waals surface area contributed by atoms with Gasteiger partial charge in [0.05, 0.1) is 13.5 Å². The Morgan fingerprint density at radius 3 is 2.62 bits per heavy atom. The first-order valence-corrected chi connectivity index (χ1v) is 5.05. The van der Waals surface area contributed by atoms with Crippen LogP contribution in [0.25, 0.3) is 0 Å². The van der Waals surface area contributed by atoms with Gasteiger partial charge < -0.3 is 14.9 Å². The van der Waals surface area contributed by atoms with Gasteiger partial charge in [0, 0.05) is 6.07 Å². The molecular weight excluding hydrogens is 208 g/mol. The number of carboxylic acid groups (broad SMARTS) is 1. The zero-order valence-corrected chi connectivity index (χ0v) is 9.65. The zero-order valence-electron chi connectivity index (χ0n) is 9.65. The van der Waals surface area contributed by atoms with Crippen molar-refractivity contribution in [3.63, 3.8) is 0 Å². The Morgan fingerprint density at radius 2 is 2.12 bits per heavy atom. The predicted octanol–water partition coefficient (Wildman–Crippen LogP) is 2.29. The minimum absolute atomic E-state index is 0.000666. The number of aromatic hydroxyl groups is 1. The second kappa shape index (κ2) is 4.88. The molecule has 0 fully saturated rings. The Morgan fingerprint density at radius 1 is 1.50 bits per heavy atom. The monoisotopic (exact) mass is 224 g/mol. The number of ether oxygens (including phenoxy) is 1. The molecule has 2 N–H and O–H groups in total. The molecule has 1 unspecified atom stereocenters. The summed E-state index contributed by atoms with van der Waals surface area (Å²) >= 11 is 0. The van der Waals surface area contributed by atoms with E-state index in [9.17, 15) is 9.90 Å². The minimum atomic E-state index is -0.875. The summed E-state index contributed by atoms with van der Waals surface area (Å²) in [7, 11) is 1.53. The predicted molar refractivity (Wildman–Crippen MR) is 60.1 cm³/mol. The second-order valence-corrected chi connectivity index (χ2v) is 3.88. The second-order valence-electron chi connectivity index (χ2n) is 3.88. The summed E-state index contributed by atoms with van der Waals surface area (Å²) in [5, 5.41) is 18.5. The highest BCUT2D eigenvalue weighted by molar-refractivity contribution is 5.68. The topological polar surface area (TPSA) is 66.8 Å².